The van der Waals surface area contributed by atoms with E-state index in [0.29, 0.717) is 31.6 Å². The number of rotatable bonds is 80. The summed E-state index contributed by atoms with van der Waals surface area (Å²) in [5.74, 6) is 0.289. The highest BCUT2D eigenvalue weighted by atomic mass is 31.2. The number of unbranched alkanes of at least 4 members (excludes halogenated alkanes) is 46. The summed E-state index contributed by atoms with van der Waals surface area (Å²) in [6.07, 6.45) is 61.2. The Labute approximate surface area is 619 Å². The number of phosphoric ester groups is 2. The maximum Gasteiger partial charge on any atom is 0.472 e. The Kier molecular flexibility index (Phi) is 70.9. The molecule has 0 heterocycles. The van der Waals surface area contributed by atoms with Gasteiger partial charge in [0.15, 0.2) is 12.2 Å². The standard InChI is InChI=1S/C82H160O17P2/c1-8-11-12-13-14-15-16-31-37-42-51-58-65-81(86)99-78(70-93-80(85)64-57-50-45-44-46-53-60-73(4)5)72-97-101(90,91)95-68-76(83)67-94-100(88,89)96-71-77(69-92-79(84)63-56-49-41-36-32-27-24-23-26-30-35-40-48-55-62-75(7)10-3)98-82(87)66-59-52-43-38-33-28-22-20-18-17-19-21-25-29-34-39-47-54-61-74(6)9-2/h73-78,83H,8-72H2,1-7H3,(H,88,89)(H,90,91)/t74?,75?,76-,77-,78-/m1/s1. The summed E-state index contributed by atoms with van der Waals surface area (Å²) in [5, 5.41) is 10.6. The maximum atomic E-state index is 13.1. The van der Waals surface area contributed by atoms with Crippen LogP contribution in [0.5, 0.6) is 0 Å². The van der Waals surface area contributed by atoms with Gasteiger partial charge in [-0.15, -0.1) is 0 Å². The Morgan fingerprint density at radius 2 is 0.505 bits per heavy atom. The van der Waals surface area contributed by atoms with Crippen molar-refractivity contribution in [2.75, 3.05) is 39.6 Å². The van der Waals surface area contributed by atoms with E-state index in [1.165, 1.54) is 231 Å². The van der Waals surface area contributed by atoms with Gasteiger partial charge in [0.05, 0.1) is 26.4 Å². The number of hydrogen-bond donors (Lipinski definition) is 3. The fraction of sp³-hybridized carbons (Fsp3) is 0.951. The summed E-state index contributed by atoms with van der Waals surface area (Å²) < 4.78 is 68.7. The van der Waals surface area contributed by atoms with Gasteiger partial charge in [-0.25, -0.2) is 9.13 Å². The number of carbonyl (C=O) groups is 4. The van der Waals surface area contributed by atoms with Crippen LogP contribution in [-0.2, 0) is 65.4 Å². The first-order valence-corrected chi connectivity index (χ1v) is 45.4. The third-order valence-electron chi connectivity index (χ3n) is 19.9. The van der Waals surface area contributed by atoms with Crippen molar-refractivity contribution in [3.05, 3.63) is 0 Å². The van der Waals surface area contributed by atoms with Crippen LogP contribution in [0.4, 0.5) is 0 Å². The van der Waals surface area contributed by atoms with Gasteiger partial charge < -0.3 is 33.8 Å². The van der Waals surface area contributed by atoms with Crippen LogP contribution in [0.25, 0.3) is 0 Å². The lowest BCUT2D eigenvalue weighted by atomic mass is 9.99. The molecule has 0 aromatic carbocycles. The van der Waals surface area contributed by atoms with Crippen LogP contribution in [-0.4, -0.2) is 96.7 Å². The minimum absolute atomic E-state index is 0.106. The summed E-state index contributed by atoms with van der Waals surface area (Å²) in [4.78, 5) is 73.0. The van der Waals surface area contributed by atoms with E-state index in [1.54, 1.807) is 0 Å². The molecule has 0 spiro atoms. The molecule has 0 aromatic heterocycles. The average molecular weight is 1480 g/mol. The molecule has 101 heavy (non-hydrogen) atoms. The molecule has 0 saturated carbocycles. The highest BCUT2D eigenvalue weighted by molar-refractivity contribution is 7.47. The second-order valence-electron chi connectivity index (χ2n) is 30.5. The molecule has 4 unspecified atom stereocenters. The van der Waals surface area contributed by atoms with Crippen molar-refractivity contribution >= 4 is 39.5 Å². The smallest absolute Gasteiger partial charge is 0.462 e. The lowest BCUT2D eigenvalue weighted by molar-refractivity contribution is -0.161. The Balaban J connectivity index is 5.20. The summed E-state index contributed by atoms with van der Waals surface area (Å²) in [7, 11) is -9.92. The Morgan fingerprint density at radius 1 is 0.287 bits per heavy atom. The highest BCUT2D eigenvalue weighted by Crippen LogP contribution is 2.45. The molecular formula is C82H160O17P2. The zero-order chi connectivity index (χ0) is 74.4. The predicted octanol–water partition coefficient (Wildman–Crippen LogP) is 24.5. The molecule has 17 nitrogen and oxygen atoms in total. The molecule has 0 aliphatic carbocycles. The van der Waals surface area contributed by atoms with Gasteiger partial charge in [-0.3, -0.25) is 37.3 Å². The molecule has 0 rings (SSSR count). The molecule has 0 aromatic rings. The zero-order valence-electron chi connectivity index (χ0n) is 66.4. The quantitative estimate of drug-likeness (QED) is 0.0222. The van der Waals surface area contributed by atoms with Gasteiger partial charge in [-0.05, 0) is 43.4 Å². The van der Waals surface area contributed by atoms with Crippen LogP contribution in [0.3, 0.4) is 0 Å². The molecule has 3 N–H and O–H groups in total. The maximum absolute atomic E-state index is 13.1. The number of carbonyl (C=O) groups excluding carboxylic acids is 4. The van der Waals surface area contributed by atoms with Crippen LogP contribution in [0, 0.1) is 17.8 Å². The second-order valence-corrected chi connectivity index (χ2v) is 33.4. The summed E-state index contributed by atoms with van der Waals surface area (Å²) in [6.45, 7) is 12.0. The first kappa shape index (κ1) is 99.1. The number of esters is 4. The van der Waals surface area contributed by atoms with Crippen molar-refractivity contribution < 1.29 is 80.2 Å². The normalized spacial score (nSPS) is 14.5. The monoisotopic (exact) mass is 1480 g/mol. The number of hydrogen-bond acceptors (Lipinski definition) is 15. The topological polar surface area (TPSA) is 237 Å². The minimum Gasteiger partial charge on any atom is -0.462 e. The van der Waals surface area contributed by atoms with E-state index in [9.17, 15) is 43.2 Å². The SMILES string of the molecule is CCCCCCCCCCCCCCC(=O)O[C@H](COC(=O)CCCCCCCCC(C)C)COP(=O)(O)OC[C@H](O)COP(=O)(O)OC[C@@H](COC(=O)CCCCCCCCCCCCCCCCC(C)CC)OC(=O)CCCCCCCCCCCCCCCCCCCCC(C)CC. The Bertz CT molecular complexity index is 1960. The van der Waals surface area contributed by atoms with Crippen LogP contribution in [0.15, 0.2) is 0 Å². The van der Waals surface area contributed by atoms with E-state index in [-0.39, 0.29) is 25.7 Å². The van der Waals surface area contributed by atoms with Crippen molar-refractivity contribution in [3.63, 3.8) is 0 Å². The Hall–Kier alpha value is -1.94. The summed E-state index contributed by atoms with van der Waals surface area (Å²) in [5.41, 5.74) is 0. The van der Waals surface area contributed by atoms with Crippen LogP contribution < -0.4 is 0 Å². The lowest BCUT2D eigenvalue weighted by Gasteiger charge is -2.21. The van der Waals surface area contributed by atoms with E-state index in [4.69, 9.17) is 37.0 Å². The van der Waals surface area contributed by atoms with Gasteiger partial charge in [-0.2, -0.15) is 0 Å². The number of phosphoric acid groups is 2. The van der Waals surface area contributed by atoms with E-state index < -0.39 is 97.5 Å². The molecule has 0 bridgehead atoms. The summed E-state index contributed by atoms with van der Waals surface area (Å²) >= 11 is 0. The first-order chi connectivity index (χ1) is 48.8. The van der Waals surface area contributed by atoms with Gasteiger partial charge in [0.2, 0.25) is 0 Å². The van der Waals surface area contributed by atoms with Gasteiger partial charge in [0.1, 0.15) is 19.3 Å². The fourth-order valence-electron chi connectivity index (χ4n) is 12.6. The van der Waals surface area contributed by atoms with Gasteiger partial charge in [-0.1, -0.05) is 376 Å². The Morgan fingerprint density at radius 3 is 0.752 bits per heavy atom. The number of aliphatic hydroxyl groups is 1. The zero-order valence-corrected chi connectivity index (χ0v) is 68.2. The molecule has 0 amide bonds. The highest BCUT2D eigenvalue weighted by Gasteiger charge is 2.30. The lowest BCUT2D eigenvalue weighted by Crippen LogP contribution is -2.30. The van der Waals surface area contributed by atoms with Gasteiger partial charge in [0.25, 0.3) is 0 Å². The molecule has 19 heteroatoms. The largest absolute Gasteiger partial charge is 0.472 e. The van der Waals surface area contributed by atoms with Crippen molar-refractivity contribution in [1.29, 1.82) is 0 Å². The van der Waals surface area contributed by atoms with Crippen LogP contribution in [0.1, 0.15) is 427 Å². The first-order valence-electron chi connectivity index (χ1n) is 42.4. The number of aliphatic hydroxyl groups excluding tert-OH is 1. The van der Waals surface area contributed by atoms with Crippen molar-refractivity contribution in [3.8, 4) is 0 Å². The molecule has 0 fully saturated rings. The van der Waals surface area contributed by atoms with Gasteiger partial charge >= 0.3 is 39.5 Å². The van der Waals surface area contributed by atoms with Crippen molar-refractivity contribution in [1.82, 2.24) is 0 Å². The minimum atomic E-state index is -4.96. The molecule has 0 saturated heterocycles. The molecule has 600 valence electrons. The van der Waals surface area contributed by atoms with Crippen molar-refractivity contribution in [2.45, 2.75) is 446 Å². The number of ether oxygens (including phenoxy) is 4. The van der Waals surface area contributed by atoms with Crippen LogP contribution in [0.2, 0.25) is 0 Å². The van der Waals surface area contributed by atoms with E-state index in [0.717, 1.165) is 108 Å². The van der Waals surface area contributed by atoms with E-state index in [1.807, 2.05) is 0 Å². The van der Waals surface area contributed by atoms with E-state index >= 15 is 0 Å². The molecule has 0 aliphatic rings. The fourth-order valence-corrected chi connectivity index (χ4v) is 14.2. The third kappa shape index (κ3) is 73.4. The second kappa shape index (κ2) is 72.3. The molecule has 0 radical (unpaired) electrons. The van der Waals surface area contributed by atoms with E-state index in [2.05, 4.69) is 48.5 Å². The predicted molar refractivity (Wildman–Crippen MR) is 414 cm³/mol. The molecule has 0 aliphatic heterocycles. The van der Waals surface area contributed by atoms with Gasteiger partial charge in [0, 0.05) is 25.7 Å². The summed E-state index contributed by atoms with van der Waals surface area (Å²) in [6, 6.07) is 0. The molecular weight excluding hydrogens is 1320 g/mol. The third-order valence-corrected chi connectivity index (χ3v) is 21.8. The van der Waals surface area contributed by atoms with Crippen LogP contribution >= 0.6 is 15.6 Å². The average Bonchev–Trinajstić information content (AvgIpc) is 0.944. The van der Waals surface area contributed by atoms with Crippen molar-refractivity contribution in [2.24, 2.45) is 17.8 Å². The molecule has 7 atom stereocenters.